The Morgan fingerprint density at radius 1 is 1.56 bits per heavy atom. The molecule has 0 radical (unpaired) electrons. The molecule has 1 unspecified atom stereocenters. The van der Waals surface area contributed by atoms with E-state index in [9.17, 15) is 0 Å². The summed E-state index contributed by atoms with van der Waals surface area (Å²) < 4.78 is 2.20. The maximum Gasteiger partial charge on any atom is 0.0643 e. The fourth-order valence-corrected chi connectivity index (χ4v) is 2.29. The highest BCUT2D eigenvalue weighted by atomic mass is 15.3. The fraction of sp³-hybridized carbons (Fsp3) is 0.769. The number of aromatic nitrogens is 2. The Morgan fingerprint density at radius 2 is 2.31 bits per heavy atom. The lowest BCUT2D eigenvalue weighted by Crippen LogP contribution is -2.23. The molecule has 0 saturated heterocycles. The van der Waals surface area contributed by atoms with E-state index in [4.69, 9.17) is 5.10 Å². The van der Waals surface area contributed by atoms with E-state index in [0.717, 1.165) is 18.9 Å². The number of hydrogen-bond acceptors (Lipinski definition) is 2. The third kappa shape index (κ3) is 2.29. The first-order valence-electron chi connectivity index (χ1n) is 6.48. The van der Waals surface area contributed by atoms with Crippen LogP contribution in [-0.4, -0.2) is 22.9 Å². The standard InChI is InChI=1S/C13H23N3/c1-4-16-13(11-6-5-7-11)9-12(15-16)8-10(2)14-3/h9-11,14H,4-8H2,1-3H3. The van der Waals surface area contributed by atoms with E-state index in [2.05, 4.69) is 29.9 Å². The molecule has 3 nitrogen and oxygen atoms in total. The van der Waals surface area contributed by atoms with Gasteiger partial charge in [0, 0.05) is 30.6 Å². The Bertz CT molecular complexity index is 339. The number of aryl methyl sites for hydroxylation is 1. The van der Waals surface area contributed by atoms with Crippen LogP contribution in [0, 0.1) is 0 Å². The van der Waals surface area contributed by atoms with Crippen LogP contribution in [0.25, 0.3) is 0 Å². The summed E-state index contributed by atoms with van der Waals surface area (Å²) in [7, 11) is 2.01. The summed E-state index contributed by atoms with van der Waals surface area (Å²) in [6, 6.07) is 2.83. The van der Waals surface area contributed by atoms with Crippen LogP contribution in [0.3, 0.4) is 0 Å². The predicted molar refractivity (Wildman–Crippen MR) is 66.7 cm³/mol. The molecular formula is C13H23N3. The quantitative estimate of drug-likeness (QED) is 0.827. The van der Waals surface area contributed by atoms with E-state index in [-0.39, 0.29) is 0 Å². The van der Waals surface area contributed by atoms with Gasteiger partial charge in [0.2, 0.25) is 0 Å². The van der Waals surface area contributed by atoms with E-state index in [0.29, 0.717) is 6.04 Å². The van der Waals surface area contributed by atoms with Gasteiger partial charge in [0.05, 0.1) is 5.69 Å². The van der Waals surface area contributed by atoms with E-state index in [1.165, 1.54) is 30.7 Å². The van der Waals surface area contributed by atoms with Crippen molar-refractivity contribution in [1.29, 1.82) is 0 Å². The van der Waals surface area contributed by atoms with Crippen LogP contribution in [0.15, 0.2) is 6.07 Å². The number of nitrogens with one attached hydrogen (secondary N) is 1. The SMILES string of the molecule is CCn1nc(CC(C)NC)cc1C1CCC1. The third-order valence-corrected chi connectivity index (χ3v) is 3.69. The van der Waals surface area contributed by atoms with Gasteiger partial charge in [-0.1, -0.05) is 6.42 Å². The molecule has 1 fully saturated rings. The molecule has 16 heavy (non-hydrogen) atoms. The second kappa shape index (κ2) is 5.00. The molecule has 0 spiro atoms. The fourth-order valence-electron chi connectivity index (χ4n) is 2.29. The van der Waals surface area contributed by atoms with Crippen molar-refractivity contribution in [3.63, 3.8) is 0 Å². The Balaban J connectivity index is 2.11. The van der Waals surface area contributed by atoms with Gasteiger partial charge in [-0.25, -0.2) is 0 Å². The average Bonchev–Trinajstić information content (AvgIpc) is 2.58. The zero-order chi connectivity index (χ0) is 11.5. The normalized spacial score (nSPS) is 18.4. The van der Waals surface area contributed by atoms with E-state index < -0.39 is 0 Å². The van der Waals surface area contributed by atoms with E-state index >= 15 is 0 Å². The average molecular weight is 221 g/mol. The van der Waals surface area contributed by atoms with Crippen molar-refractivity contribution in [2.24, 2.45) is 0 Å². The second-order valence-corrected chi connectivity index (χ2v) is 4.90. The topological polar surface area (TPSA) is 29.9 Å². The number of hydrogen-bond donors (Lipinski definition) is 1. The first kappa shape index (κ1) is 11.6. The molecule has 0 aliphatic heterocycles. The Labute approximate surface area is 98.2 Å². The Kier molecular flexibility index (Phi) is 3.64. The van der Waals surface area contributed by atoms with E-state index in [1.807, 2.05) is 7.05 Å². The van der Waals surface area contributed by atoms with Crippen molar-refractivity contribution < 1.29 is 0 Å². The summed E-state index contributed by atoms with van der Waals surface area (Å²) in [5, 5.41) is 7.96. The third-order valence-electron chi connectivity index (χ3n) is 3.69. The molecule has 2 rings (SSSR count). The summed E-state index contributed by atoms with van der Waals surface area (Å²) in [5.41, 5.74) is 2.71. The maximum atomic E-state index is 4.70. The lowest BCUT2D eigenvalue weighted by molar-refractivity contribution is 0.390. The molecule has 1 N–H and O–H groups in total. The monoisotopic (exact) mass is 221 g/mol. The minimum atomic E-state index is 0.509. The lowest BCUT2D eigenvalue weighted by Gasteiger charge is -2.25. The molecule has 90 valence electrons. The molecular weight excluding hydrogens is 198 g/mol. The van der Waals surface area contributed by atoms with Gasteiger partial charge in [-0.2, -0.15) is 5.10 Å². The number of rotatable bonds is 5. The lowest BCUT2D eigenvalue weighted by atomic mass is 9.82. The number of likely N-dealkylation sites (N-methyl/N-ethyl adjacent to an activating group) is 1. The second-order valence-electron chi connectivity index (χ2n) is 4.90. The smallest absolute Gasteiger partial charge is 0.0643 e. The highest BCUT2D eigenvalue weighted by Gasteiger charge is 2.23. The molecule has 1 saturated carbocycles. The van der Waals surface area contributed by atoms with Gasteiger partial charge >= 0.3 is 0 Å². The van der Waals surface area contributed by atoms with Crippen molar-refractivity contribution in [2.75, 3.05) is 7.05 Å². The number of nitrogens with zero attached hydrogens (tertiary/aromatic N) is 2. The zero-order valence-corrected chi connectivity index (χ0v) is 10.7. The molecule has 0 amide bonds. The zero-order valence-electron chi connectivity index (χ0n) is 10.7. The highest BCUT2D eigenvalue weighted by Crippen LogP contribution is 2.36. The van der Waals surface area contributed by atoms with Crippen LogP contribution < -0.4 is 5.32 Å². The van der Waals surface area contributed by atoms with Crippen molar-refractivity contribution in [1.82, 2.24) is 15.1 Å². The molecule has 1 aromatic rings. The summed E-state index contributed by atoms with van der Waals surface area (Å²) >= 11 is 0. The summed E-state index contributed by atoms with van der Waals surface area (Å²) in [6.45, 7) is 5.38. The highest BCUT2D eigenvalue weighted by molar-refractivity contribution is 5.17. The van der Waals surface area contributed by atoms with Gasteiger partial charge in [-0.05, 0) is 39.8 Å². The largest absolute Gasteiger partial charge is 0.317 e. The molecule has 1 aliphatic rings. The van der Waals surface area contributed by atoms with Crippen LogP contribution in [0.5, 0.6) is 0 Å². The van der Waals surface area contributed by atoms with Crippen LogP contribution in [0.2, 0.25) is 0 Å². The molecule has 1 atom stereocenters. The van der Waals surface area contributed by atoms with Gasteiger partial charge in [0.1, 0.15) is 0 Å². The van der Waals surface area contributed by atoms with Crippen LogP contribution in [0.4, 0.5) is 0 Å². The first-order valence-corrected chi connectivity index (χ1v) is 6.48. The molecule has 3 heteroatoms. The van der Waals surface area contributed by atoms with Gasteiger partial charge < -0.3 is 5.32 Å². The van der Waals surface area contributed by atoms with Gasteiger partial charge in [0.15, 0.2) is 0 Å². The Morgan fingerprint density at radius 3 is 2.81 bits per heavy atom. The van der Waals surface area contributed by atoms with Gasteiger partial charge in [0.25, 0.3) is 0 Å². The molecule has 0 aromatic carbocycles. The molecule has 1 aliphatic carbocycles. The van der Waals surface area contributed by atoms with Crippen LogP contribution >= 0.6 is 0 Å². The minimum absolute atomic E-state index is 0.509. The van der Waals surface area contributed by atoms with Crippen molar-refractivity contribution >= 4 is 0 Å². The summed E-state index contributed by atoms with van der Waals surface area (Å²) in [4.78, 5) is 0. The van der Waals surface area contributed by atoms with Gasteiger partial charge in [-0.3, -0.25) is 4.68 Å². The van der Waals surface area contributed by atoms with Crippen LogP contribution in [-0.2, 0) is 13.0 Å². The minimum Gasteiger partial charge on any atom is -0.317 e. The predicted octanol–water partition coefficient (Wildman–Crippen LogP) is 2.32. The maximum absolute atomic E-state index is 4.70. The summed E-state index contributed by atoms with van der Waals surface area (Å²) in [6.07, 6.45) is 5.13. The Hall–Kier alpha value is -0.830. The molecule has 0 bridgehead atoms. The summed E-state index contributed by atoms with van der Waals surface area (Å²) in [5.74, 6) is 0.783. The molecule has 1 heterocycles. The van der Waals surface area contributed by atoms with E-state index in [1.54, 1.807) is 0 Å². The molecule has 1 aromatic heterocycles. The first-order chi connectivity index (χ1) is 7.74. The van der Waals surface area contributed by atoms with Crippen LogP contribution in [0.1, 0.15) is 50.4 Å². The van der Waals surface area contributed by atoms with Crippen molar-refractivity contribution in [2.45, 2.75) is 58.0 Å². The van der Waals surface area contributed by atoms with Crippen molar-refractivity contribution in [3.8, 4) is 0 Å². The van der Waals surface area contributed by atoms with Gasteiger partial charge in [-0.15, -0.1) is 0 Å². The van der Waals surface area contributed by atoms with Crippen molar-refractivity contribution in [3.05, 3.63) is 17.5 Å².